The Morgan fingerprint density at radius 2 is 2.21 bits per heavy atom. The SMILES string of the molecule is COc1cc(NCC2CCCC(C)C2)c(F)cc1N. The van der Waals surface area contributed by atoms with Crippen molar-refractivity contribution in [2.24, 2.45) is 11.8 Å². The third-order valence-electron chi connectivity index (χ3n) is 3.95. The van der Waals surface area contributed by atoms with E-state index in [4.69, 9.17) is 10.5 Å². The molecule has 0 saturated heterocycles. The van der Waals surface area contributed by atoms with Crippen molar-refractivity contribution in [3.63, 3.8) is 0 Å². The molecule has 0 amide bonds. The zero-order valence-electron chi connectivity index (χ0n) is 11.7. The molecule has 0 aliphatic heterocycles. The highest BCUT2D eigenvalue weighted by Gasteiger charge is 2.19. The molecule has 3 nitrogen and oxygen atoms in total. The summed E-state index contributed by atoms with van der Waals surface area (Å²) in [4.78, 5) is 0. The van der Waals surface area contributed by atoms with Crippen LogP contribution in [-0.4, -0.2) is 13.7 Å². The lowest BCUT2D eigenvalue weighted by atomic mass is 9.82. The molecule has 1 aromatic rings. The molecule has 1 aliphatic rings. The van der Waals surface area contributed by atoms with Crippen LogP contribution in [0.2, 0.25) is 0 Å². The Balaban J connectivity index is 1.99. The van der Waals surface area contributed by atoms with E-state index in [0.717, 1.165) is 12.5 Å². The van der Waals surface area contributed by atoms with Crippen molar-refractivity contribution < 1.29 is 9.13 Å². The van der Waals surface area contributed by atoms with Crippen molar-refractivity contribution in [2.45, 2.75) is 32.6 Å². The summed E-state index contributed by atoms with van der Waals surface area (Å²) in [6.07, 6.45) is 5.05. The maximum atomic E-state index is 13.8. The van der Waals surface area contributed by atoms with Gasteiger partial charge in [-0.1, -0.05) is 19.8 Å². The van der Waals surface area contributed by atoms with Crippen LogP contribution < -0.4 is 15.8 Å². The summed E-state index contributed by atoms with van der Waals surface area (Å²) in [7, 11) is 1.54. The molecule has 0 heterocycles. The van der Waals surface area contributed by atoms with Gasteiger partial charge >= 0.3 is 0 Å². The Kier molecular flexibility index (Phi) is 4.51. The molecule has 1 fully saturated rings. The van der Waals surface area contributed by atoms with Gasteiger partial charge in [0.15, 0.2) is 0 Å². The van der Waals surface area contributed by atoms with E-state index in [0.29, 0.717) is 23.0 Å². The third kappa shape index (κ3) is 3.52. The summed E-state index contributed by atoms with van der Waals surface area (Å²) in [5.41, 5.74) is 6.47. The monoisotopic (exact) mass is 266 g/mol. The van der Waals surface area contributed by atoms with Gasteiger partial charge in [0.2, 0.25) is 0 Å². The highest BCUT2D eigenvalue weighted by atomic mass is 19.1. The molecule has 2 rings (SSSR count). The fourth-order valence-electron chi connectivity index (χ4n) is 2.88. The van der Waals surface area contributed by atoms with Crippen LogP contribution in [0.15, 0.2) is 12.1 Å². The minimum atomic E-state index is -0.317. The smallest absolute Gasteiger partial charge is 0.148 e. The quantitative estimate of drug-likeness (QED) is 0.818. The average molecular weight is 266 g/mol. The van der Waals surface area contributed by atoms with Gasteiger partial charge in [0.1, 0.15) is 11.6 Å². The first-order valence-corrected chi connectivity index (χ1v) is 6.97. The number of ether oxygens (including phenoxy) is 1. The highest BCUT2D eigenvalue weighted by Crippen LogP contribution is 2.31. The summed E-state index contributed by atoms with van der Waals surface area (Å²) in [6, 6.07) is 2.95. The van der Waals surface area contributed by atoms with E-state index >= 15 is 0 Å². The lowest BCUT2D eigenvalue weighted by Gasteiger charge is -2.27. The van der Waals surface area contributed by atoms with Crippen LogP contribution in [0.4, 0.5) is 15.8 Å². The van der Waals surface area contributed by atoms with Crippen LogP contribution in [-0.2, 0) is 0 Å². The van der Waals surface area contributed by atoms with Crippen molar-refractivity contribution in [1.82, 2.24) is 0 Å². The van der Waals surface area contributed by atoms with Crippen molar-refractivity contribution >= 4 is 11.4 Å². The normalized spacial score (nSPS) is 23.1. The van der Waals surface area contributed by atoms with Crippen LogP contribution in [0, 0.1) is 17.7 Å². The van der Waals surface area contributed by atoms with Crippen molar-refractivity contribution in [3.05, 3.63) is 17.9 Å². The lowest BCUT2D eigenvalue weighted by molar-refractivity contribution is 0.293. The summed E-state index contributed by atoms with van der Waals surface area (Å²) < 4.78 is 18.9. The van der Waals surface area contributed by atoms with Crippen molar-refractivity contribution in [3.8, 4) is 5.75 Å². The van der Waals surface area contributed by atoms with Crippen LogP contribution in [0.3, 0.4) is 0 Å². The molecule has 3 N–H and O–H groups in total. The van der Waals surface area contributed by atoms with Gasteiger partial charge in [-0.25, -0.2) is 4.39 Å². The molecule has 1 aromatic carbocycles. The Labute approximate surface area is 114 Å². The van der Waals surface area contributed by atoms with E-state index in [2.05, 4.69) is 12.2 Å². The first-order valence-electron chi connectivity index (χ1n) is 6.97. The minimum Gasteiger partial charge on any atom is -0.495 e. The second-order valence-corrected chi connectivity index (χ2v) is 5.59. The maximum absolute atomic E-state index is 13.8. The molecule has 2 unspecified atom stereocenters. The van der Waals surface area contributed by atoms with Gasteiger partial charge in [-0.2, -0.15) is 0 Å². The van der Waals surface area contributed by atoms with E-state index < -0.39 is 0 Å². The zero-order valence-corrected chi connectivity index (χ0v) is 11.7. The average Bonchev–Trinajstić information content (AvgIpc) is 2.38. The Morgan fingerprint density at radius 3 is 2.89 bits per heavy atom. The predicted octanol–water partition coefficient (Wildman–Crippen LogP) is 3.65. The first kappa shape index (κ1) is 14.0. The van der Waals surface area contributed by atoms with Crippen LogP contribution in [0.5, 0.6) is 5.75 Å². The number of methoxy groups -OCH3 is 1. The Bertz CT molecular complexity index is 436. The molecule has 2 atom stereocenters. The van der Waals surface area contributed by atoms with Crippen LogP contribution in [0.1, 0.15) is 32.6 Å². The summed E-state index contributed by atoms with van der Waals surface area (Å²) >= 11 is 0. The number of benzene rings is 1. The van der Waals surface area contributed by atoms with Gasteiger partial charge in [-0.3, -0.25) is 0 Å². The van der Waals surface area contributed by atoms with Gasteiger partial charge in [0.25, 0.3) is 0 Å². The minimum absolute atomic E-state index is 0.317. The Morgan fingerprint density at radius 1 is 1.42 bits per heavy atom. The second-order valence-electron chi connectivity index (χ2n) is 5.59. The van der Waals surface area contributed by atoms with Crippen LogP contribution in [0.25, 0.3) is 0 Å². The summed E-state index contributed by atoms with van der Waals surface area (Å²) in [6.45, 7) is 3.10. The van der Waals surface area contributed by atoms with E-state index in [1.165, 1.54) is 38.9 Å². The van der Waals surface area contributed by atoms with Crippen molar-refractivity contribution in [2.75, 3.05) is 24.7 Å². The Hall–Kier alpha value is -1.45. The number of halogens is 1. The van der Waals surface area contributed by atoms with E-state index in [-0.39, 0.29) is 5.82 Å². The molecule has 0 spiro atoms. The van der Waals surface area contributed by atoms with E-state index in [1.807, 2.05) is 0 Å². The molecular weight excluding hydrogens is 243 g/mol. The number of anilines is 2. The van der Waals surface area contributed by atoms with Gasteiger partial charge in [0.05, 0.1) is 18.5 Å². The fourth-order valence-corrected chi connectivity index (χ4v) is 2.88. The van der Waals surface area contributed by atoms with E-state index in [1.54, 1.807) is 6.07 Å². The topological polar surface area (TPSA) is 47.3 Å². The molecule has 0 bridgehead atoms. The van der Waals surface area contributed by atoms with Gasteiger partial charge in [-0.05, 0) is 24.7 Å². The number of nitrogen functional groups attached to an aromatic ring is 1. The zero-order chi connectivity index (χ0) is 13.8. The molecule has 0 aromatic heterocycles. The maximum Gasteiger partial charge on any atom is 0.148 e. The molecule has 0 radical (unpaired) electrons. The third-order valence-corrected chi connectivity index (χ3v) is 3.95. The number of hydrogen-bond acceptors (Lipinski definition) is 3. The molecule has 19 heavy (non-hydrogen) atoms. The van der Waals surface area contributed by atoms with Crippen LogP contribution >= 0.6 is 0 Å². The number of hydrogen-bond donors (Lipinski definition) is 2. The first-order chi connectivity index (χ1) is 9.10. The molecule has 1 aliphatic carbocycles. The van der Waals surface area contributed by atoms with Gasteiger partial charge in [-0.15, -0.1) is 0 Å². The molecule has 4 heteroatoms. The van der Waals surface area contributed by atoms with E-state index in [9.17, 15) is 4.39 Å². The second kappa shape index (κ2) is 6.13. The number of nitrogens with one attached hydrogen (secondary N) is 1. The standard InChI is InChI=1S/C15H23FN2O/c1-10-4-3-5-11(6-10)9-18-14-8-15(19-2)13(17)7-12(14)16/h7-8,10-11,18H,3-6,9,17H2,1-2H3. The predicted molar refractivity (Wildman–Crippen MR) is 77.0 cm³/mol. The largest absolute Gasteiger partial charge is 0.495 e. The van der Waals surface area contributed by atoms with Crippen molar-refractivity contribution in [1.29, 1.82) is 0 Å². The summed E-state index contributed by atoms with van der Waals surface area (Å²) in [5, 5.41) is 3.19. The van der Waals surface area contributed by atoms with Gasteiger partial charge < -0.3 is 15.8 Å². The summed E-state index contributed by atoms with van der Waals surface area (Å²) in [5.74, 6) is 1.61. The molecular formula is C15H23FN2O. The number of rotatable bonds is 4. The number of nitrogens with two attached hydrogens (primary N) is 1. The molecule has 1 saturated carbocycles. The van der Waals surface area contributed by atoms with Gasteiger partial charge in [0, 0.05) is 18.7 Å². The molecule has 106 valence electrons. The fraction of sp³-hybridized carbons (Fsp3) is 0.600. The highest BCUT2D eigenvalue weighted by molar-refractivity contribution is 5.62. The lowest BCUT2D eigenvalue weighted by Crippen LogP contribution is -2.21.